The van der Waals surface area contributed by atoms with Crippen LogP contribution >= 0.6 is 24.8 Å². The minimum Gasteiger partial charge on any atom is -0.326 e. The zero-order valence-corrected chi connectivity index (χ0v) is 14.9. The van der Waals surface area contributed by atoms with Crippen molar-refractivity contribution in [1.82, 2.24) is 14.9 Å². The minimum absolute atomic E-state index is 0. The number of imidazole rings is 1. The van der Waals surface area contributed by atoms with Crippen molar-refractivity contribution in [3.63, 3.8) is 0 Å². The summed E-state index contributed by atoms with van der Waals surface area (Å²) < 4.78 is 15.8. The maximum absolute atomic E-state index is 14.2. The summed E-state index contributed by atoms with van der Waals surface area (Å²) in [6.07, 6.45) is 6.42. The van der Waals surface area contributed by atoms with Crippen LogP contribution in [-0.4, -0.2) is 28.0 Å². The Hall–Kier alpha value is -1.63. The number of piperidine rings is 1. The summed E-state index contributed by atoms with van der Waals surface area (Å²) in [4.78, 5) is 16.2. The van der Waals surface area contributed by atoms with E-state index in [1.54, 1.807) is 29.1 Å². The lowest BCUT2D eigenvalue weighted by Gasteiger charge is -2.27. The van der Waals surface area contributed by atoms with Crippen LogP contribution in [0.25, 0.3) is 5.69 Å². The van der Waals surface area contributed by atoms with E-state index in [9.17, 15) is 9.18 Å². The van der Waals surface area contributed by atoms with Gasteiger partial charge in [-0.25, -0.2) is 9.37 Å². The zero-order valence-electron chi connectivity index (χ0n) is 13.2. The summed E-state index contributed by atoms with van der Waals surface area (Å²) in [5.41, 5.74) is 0.892. The first-order valence-electron chi connectivity index (χ1n) is 7.45. The highest BCUT2D eigenvalue weighted by atomic mass is 35.5. The van der Waals surface area contributed by atoms with E-state index in [1.807, 2.05) is 0 Å². The normalized spacial score (nSPS) is 19.8. The van der Waals surface area contributed by atoms with Crippen molar-refractivity contribution in [1.29, 1.82) is 0 Å². The van der Waals surface area contributed by atoms with Crippen LogP contribution in [0, 0.1) is 11.7 Å². The molecule has 0 unspecified atom stereocenters. The Bertz CT molecular complexity index is 666. The van der Waals surface area contributed by atoms with Gasteiger partial charge in [-0.2, -0.15) is 0 Å². The predicted octanol–water partition coefficient (Wildman–Crippen LogP) is 3.18. The van der Waals surface area contributed by atoms with Gasteiger partial charge in [0.2, 0.25) is 5.91 Å². The average molecular weight is 375 g/mol. The number of amides is 1. The standard InChI is InChI=1S/C16H19FN4O.2ClH/c1-11-8-12(4-5-19-11)16(22)20-13-2-3-15(14(17)9-13)21-7-6-18-10-21;;/h2-3,6-7,9-12,19H,4-5,8H2,1H3,(H,20,22);2*1H/t11-,12-;;/m0../s1. The van der Waals surface area contributed by atoms with Gasteiger partial charge >= 0.3 is 0 Å². The van der Waals surface area contributed by atoms with Crippen LogP contribution < -0.4 is 10.6 Å². The molecule has 24 heavy (non-hydrogen) atoms. The van der Waals surface area contributed by atoms with Gasteiger partial charge in [0.05, 0.1) is 12.0 Å². The van der Waals surface area contributed by atoms with Crippen molar-refractivity contribution in [2.24, 2.45) is 5.92 Å². The van der Waals surface area contributed by atoms with Crippen LogP contribution in [0.1, 0.15) is 19.8 Å². The molecule has 0 aliphatic carbocycles. The Kier molecular flexibility index (Phi) is 7.66. The summed E-state index contributed by atoms with van der Waals surface area (Å²) in [6, 6.07) is 5.03. The molecule has 1 fully saturated rings. The molecule has 8 heteroatoms. The van der Waals surface area contributed by atoms with Crippen molar-refractivity contribution in [3.8, 4) is 5.69 Å². The number of carbonyl (C=O) groups is 1. The molecule has 3 rings (SSSR count). The SMILES string of the molecule is C[C@H]1C[C@@H](C(=O)Nc2ccc(-n3ccnc3)c(F)c2)CCN1.Cl.Cl. The Balaban J connectivity index is 0.00000144. The Labute approximate surface area is 152 Å². The topological polar surface area (TPSA) is 59.0 Å². The largest absolute Gasteiger partial charge is 0.326 e. The van der Waals surface area contributed by atoms with Crippen LogP contribution in [0.2, 0.25) is 0 Å². The van der Waals surface area contributed by atoms with E-state index in [1.165, 1.54) is 12.4 Å². The van der Waals surface area contributed by atoms with E-state index in [-0.39, 0.29) is 36.6 Å². The number of hydrogen-bond acceptors (Lipinski definition) is 3. The van der Waals surface area contributed by atoms with Gasteiger partial charge in [-0.3, -0.25) is 4.79 Å². The van der Waals surface area contributed by atoms with E-state index in [4.69, 9.17) is 0 Å². The molecule has 2 N–H and O–H groups in total. The highest BCUT2D eigenvalue weighted by molar-refractivity contribution is 5.92. The Morgan fingerprint density at radius 2 is 2.21 bits per heavy atom. The van der Waals surface area contributed by atoms with Crippen LogP contribution in [0.3, 0.4) is 0 Å². The lowest BCUT2D eigenvalue weighted by molar-refractivity contribution is -0.120. The summed E-state index contributed by atoms with van der Waals surface area (Å²) >= 11 is 0. The number of nitrogens with zero attached hydrogens (tertiary/aromatic N) is 2. The Morgan fingerprint density at radius 1 is 1.42 bits per heavy atom. The second kappa shape index (κ2) is 9.01. The average Bonchev–Trinajstić information content (AvgIpc) is 3.01. The van der Waals surface area contributed by atoms with Crippen LogP contribution in [0.4, 0.5) is 10.1 Å². The molecule has 1 aliphatic heterocycles. The van der Waals surface area contributed by atoms with Gasteiger partial charge in [0.25, 0.3) is 0 Å². The zero-order chi connectivity index (χ0) is 15.5. The quantitative estimate of drug-likeness (QED) is 0.867. The van der Waals surface area contributed by atoms with Crippen molar-refractivity contribution in [3.05, 3.63) is 42.7 Å². The smallest absolute Gasteiger partial charge is 0.227 e. The van der Waals surface area contributed by atoms with Gasteiger partial charge in [0.1, 0.15) is 5.82 Å². The lowest BCUT2D eigenvalue weighted by Crippen LogP contribution is -2.40. The molecule has 132 valence electrons. The molecule has 1 saturated heterocycles. The van der Waals surface area contributed by atoms with Crippen LogP contribution in [0.15, 0.2) is 36.9 Å². The van der Waals surface area contributed by atoms with Crippen LogP contribution in [-0.2, 0) is 4.79 Å². The van der Waals surface area contributed by atoms with Gasteiger partial charge in [-0.1, -0.05) is 0 Å². The third kappa shape index (κ3) is 4.69. The van der Waals surface area contributed by atoms with Gasteiger partial charge in [-0.05, 0) is 44.5 Å². The van der Waals surface area contributed by atoms with Gasteiger partial charge in [0, 0.05) is 30.0 Å². The highest BCUT2D eigenvalue weighted by Crippen LogP contribution is 2.21. The molecule has 1 aromatic heterocycles. The van der Waals surface area contributed by atoms with E-state index in [2.05, 4.69) is 22.5 Å². The molecule has 2 heterocycles. The maximum atomic E-state index is 14.2. The molecule has 2 aromatic rings. The molecule has 5 nitrogen and oxygen atoms in total. The van der Waals surface area contributed by atoms with Crippen LogP contribution in [0.5, 0.6) is 0 Å². The van der Waals surface area contributed by atoms with E-state index in [0.29, 0.717) is 17.4 Å². The number of rotatable bonds is 3. The maximum Gasteiger partial charge on any atom is 0.227 e. The van der Waals surface area contributed by atoms with E-state index >= 15 is 0 Å². The molecular weight excluding hydrogens is 354 g/mol. The summed E-state index contributed by atoms with van der Waals surface area (Å²) in [5, 5.41) is 6.13. The first-order valence-corrected chi connectivity index (χ1v) is 7.45. The van der Waals surface area contributed by atoms with Gasteiger partial charge in [-0.15, -0.1) is 24.8 Å². The molecular formula is C16H21Cl2FN4O. The van der Waals surface area contributed by atoms with Crippen molar-refractivity contribution in [2.75, 3.05) is 11.9 Å². The summed E-state index contributed by atoms with van der Waals surface area (Å²) in [7, 11) is 0. The third-order valence-electron chi connectivity index (χ3n) is 3.99. The number of carbonyl (C=O) groups excluding carboxylic acids is 1. The fraction of sp³-hybridized carbons (Fsp3) is 0.375. The number of hydrogen-bond donors (Lipinski definition) is 2. The van der Waals surface area contributed by atoms with E-state index < -0.39 is 5.82 Å². The minimum atomic E-state index is -0.394. The molecule has 0 spiro atoms. The van der Waals surface area contributed by atoms with Gasteiger partial charge < -0.3 is 15.2 Å². The first kappa shape index (κ1) is 20.4. The second-order valence-electron chi connectivity index (χ2n) is 5.70. The molecule has 2 atom stereocenters. The van der Waals surface area contributed by atoms with Crippen molar-refractivity contribution < 1.29 is 9.18 Å². The number of nitrogens with one attached hydrogen (secondary N) is 2. The predicted molar refractivity (Wildman–Crippen MR) is 96.8 cm³/mol. The molecule has 1 amide bonds. The number of anilines is 1. The first-order chi connectivity index (χ1) is 10.6. The molecule has 1 aliphatic rings. The van der Waals surface area contributed by atoms with Gasteiger partial charge in [0.15, 0.2) is 0 Å². The Morgan fingerprint density at radius 3 is 2.83 bits per heavy atom. The molecule has 0 saturated carbocycles. The molecule has 1 aromatic carbocycles. The second-order valence-corrected chi connectivity index (χ2v) is 5.70. The summed E-state index contributed by atoms with van der Waals surface area (Å²) in [6.45, 7) is 2.91. The fourth-order valence-corrected chi connectivity index (χ4v) is 2.81. The fourth-order valence-electron chi connectivity index (χ4n) is 2.81. The highest BCUT2D eigenvalue weighted by Gasteiger charge is 2.24. The number of benzene rings is 1. The van der Waals surface area contributed by atoms with E-state index in [0.717, 1.165) is 19.4 Å². The number of halogens is 3. The third-order valence-corrected chi connectivity index (χ3v) is 3.99. The summed E-state index contributed by atoms with van der Waals surface area (Å²) in [5.74, 6) is -0.453. The lowest BCUT2D eigenvalue weighted by atomic mass is 9.92. The monoisotopic (exact) mass is 374 g/mol. The molecule has 0 radical (unpaired) electrons. The van der Waals surface area contributed by atoms with Crippen molar-refractivity contribution in [2.45, 2.75) is 25.8 Å². The molecule has 0 bridgehead atoms. The number of aromatic nitrogens is 2. The van der Waals surface area contributed by atoms with Crippen molar-refractivity contribution >= 4 is 36.4 Å².